The molecule has 6 heteroatoms. The minimum Gasteiger partial charge on any atom is -0.305 e. The largest absolute Gasteiger partial charge is 0.305 e. The summed E-state index contributed by atoms with van der Waals surface area (Å²) in [6.07, 6.45) is 1.18. The van der Waals surface area contributed by atoms with E-state index in [0.717, 1.165) is 25.3 Å². The monoisotopic (exact) mass is 263 g/mol. The molecule has 1 atom stereocenters. The molecule has 1 aromatic rings. The summed E-state index contributed by atoms with van der Waals surface area (Å²) in [4.78, 5) is 20.4. The number of carbonyl (C=O) groups is 1. The van der Waals surface area contributed by atoms with Crippen molar-refractivity contribution in [1.82, 2.24) is 20.2 Å². The number of pyridine rings is 1. The van der Waals surface area contributed by atoms with Crippen molar-refractivity contribution in [3.63, 3.8) is 0 Å². The normalized spacial score (nSPS) is 19.9. The molecule has 1 aliphatic rings. The number of likely N-dealkylation sites (N-methyl/N-ethyl adjacent to an activating group) is 1. The SMILES string of the molecule is CN(C)C1CCN(Cc2cccc(C(=O)NN)n2)C1. The number of amides is 1. The van der Waals surface area contributed by atoms with Gasteiger partial charge in [0.05, 0.1) is 5.69 Å². The van der Waals surface area contributed by atoms with Gasteiger partial charge in [-0.05, 0) is 32.6 Å². The molecule has 1 aliphatic heterocycles. The van der Waals surface area contributed by atoms with Crippen molar-refractivity contribution in [2.75, 3.05) is 27.2 Å². The predicted octanol–water partition coefficient (Wildman–Crippen LogP) is -0.179. The van der Waals surface area contributed by atoms with Crippen LogP contribution in [0.15, 0.2) is 18.2 Å². The van der Waals surface area contributed by atoms with Crippen molar-refractivity contribution < 1.29 is 4.79 Å². The summed E-state index contributed by atoms with van der Waals surface area (Å²) in [5, 5.41) is 0. The zero-order valence-electron chi connectivity index (χ0n) is 11.5. The Morgan fingerprint density at radius 2 is 2.37 bits per heavy atom. The third kappa shape index (κ3) is 3.50. The molecular formula is C13H21N5O. The number of carbonyl (C=O) groups excluding carboxylic acids is 1. The second kappa shape index (κ2) is 6.10. The zero-order chi connectivity index (χ0) is 13.8. The Morgan fingerprint density at radius 1 is 1.58 bits per heavy atom. The van der Waals surface area contributed by atoms with Gasteiger partial charge in [0.2, 0.25) is 0 Å². The van der Waals surface area contributed by atoms with E-state index in [1.807, 2.05) is 12.1 Å². The Kier molecular flexibility index (Phi) is 4.47. The number of rotatable bonds is 4. The van der Waals surface area contributed by atoms with Crippen molar-refractivity contribution >= 4 is 5.91 Å². The van der Waals surface area contributed by atoms with E-state index in [2.05, 4.69) is 34.3 Å². The molecule has 1 fully saturated rings. The second-order valence-corrected chi connectivity index (χ2v) is 5.13. The van der Waals surface area contributed by atoms with Crippen molar-refractivity contribution in [3.05, 3.63) is 29.6 Å². The number of nitrogens with zero attached hydrogens (tertiary/aromatic N) is 3. The number of hydrogen-bond acceptors (Lipinski definition) is 5. The van der Waals surface area contributed by atoms with Gasteiger partial charge >= 0.3 is 0 Å². The van der Waals surface area contributed by atoms with Crippen molar-refractivity contribution in [2.24, 2.45) is 5.84 Å². The molecule has 2 rings (SSSR count). The van der Waals surface area contributed by atoms with Crippen molar-refractivity contribution in [2.45, 2.75) is 19.0 Å². The fourth-order valence-electron chi connectivity index (χ4n) is 2.37. The molecule has 0 bridgehead atoms. The average Bonchev–Trinajstić information content (AvgIpc) is 2.87. The summed E-state index contributed by atoms with van der Waals surface area (Å²) in [6, 6.07) is 6.05. The first-order valence-electron chi connectivity index (χ1n) is 6.46. The first kappa shape index (κ1) is 13.9. The van der Waals surface area contributed by atoms with E-state index in [1.165, 1.54) is 6.42 Å². The fraction of sp³-hybridized carbons (Fsp3) is 0.538. The molecule has 1 saturated heterocycles. The smallest absolute Gasteiger partial charge is 0.283 e. The number of hydrogen-bond donors (Lipinski definition) is 2. The van der Waals surface area contributed by atoms with Crippen LogP contribution < -0.4 is 11.3 Å². The highest BCUT2D eigenvalue weighted by Gasteiger charge is 2.24. The summed E-state index contributed by atoms with van der Waals surface area (Å²) in [5.74, 6) is 4.76. The molecule has 0 radical (unpaired) electrons. The lowest BCUT2D eigenvalue weighted by molar-refractivity contribution is 0.0948. The average molecular weight is 263 g/mol. The molecule has 104 valence electrons. The lowest BCUT2D eigenvalue weighted by atomic mass is 10.2. The number of hydrazine groups is 1. The van der Waals surface area contributed by atoms with Crippen molar-refractivity contribution in [3.8, 4) is 0 Å². The van der Waals surface area contributed by atoms with Gasteiger partial charge in [-0.3, -0.25) is 15.1 Å². The van der Waals surface area contributed by atoms with Gasteiger partial charge < -0.3 is 4.90 Å². The number of nitrogen functional groups attached to an aromatic ring is 1. The molecule has 1 amide bonds. The highest BCUT2D eigenvalue weighted by Crippen LogP contribution is 2.15. The van der Waals surface area contributed by atoms with Gasteiger partial charge in [-0.15, -0.1) is 0 Å². The Balaban J connectivity index is 1.98. The van der Waals surface area contributed by atoms with E-state index in [1.54, 1.807) is 6.07 Å². The van der Waals surface area contributed by atoms with Crippen LogP contribution in [0.2, 0.25) is 0 Å². The maximum atomic E-state index is 11.4. The third-order valence-corrected chi connectivity index (χ3v) is 3.53. The molecule has 0 aromatic carbocycles. The van der Waals surface area contributed by atoms with Crippen LogP contribution in [0.1, 0.15) is 22.6 Å². The third-order valence-electron chi connectivity index (χ3n) is 3.53. The van der Waals surface area contributed by atoms with Crippen LogP contribution >= 0.6 is 0 Å². The Bertz CT molecular complexity index is 448. The molecule has 0 aliphatic carbocycles. The van der Waals surface area contributed by atoms with Gasteiger partial charge in [0.15, 0.2) is 0 Å². The summed E-state index contributed by atoms with van der Waals surface area (Å²) in [6.45, 7) is 2.88. The molecule has 1 unspecified atom stereocenters. The lowest BCUT2D eigenvalue weighted by Crippen LogP contribution is -2.32. The van der Waals surface area contributed by atoms with Gasteiger partial charge in [-0.25, -0.2) is 10.8 Å². The lowest BCUT2D eigenvalue weighted by Gasteiger charge is -2.20. The zero-order valence-corrected chi connectivity index (χ0v) is 11.5. The molecule has 2 heterocycles. The molecule has 3 N–H and O–H groups in total. The van der Waals surface area contributed by atoms with E-state index in [4.69, 9.17) is 5.84 Å². The second-order valence-electron chi connectivity index (χ2n) is 5.13. The first-order chi connectivity index (χ1) is 9.10. The maximum Gasteiger partial charge on any atom is 0.283 e. The first-order valence-corrected chi connectivity index (χ1v) is 6.46. The Morgan fingerprint density at radius 3 is 3.00 bits per heavy atom. The minimum atomic E-state index is -0.352. The van der Waals surface area contributed by atoms with E-state index in [0.29, 0.717) is 11.7 Å². The fourth-order valence-corrected chi connectivity index (χ4v) is 2.37. The van der Waals surface area contributed by atoms with Gasteiger partial charge in [-0.2, -0.15) is 0 Å². The number of likely N-dealkylation sites (tertiary alicyclic amines) is 1. The van der Waals surface area contributed by atoms with Crippen LogP contribution in [0.5, 0.6) is 0 Å². The van der Waals surface area contributed by atoms with Gasteiger partial charge in [0, 0.05) is 25.7 Å². The predicted molar refractivity (Wildman–Crippen MR) is 73.3 cm³/mol. The summed E-state index contributed by atoms with van der Waals surface area (Å²) in [5.41, 5.74) is 3.37. The highest BCUT2D eigenvalue weighted by molar-refractivity contribution is 5.91. The molecule has 0 saturated carbocycles. The number of nitrogens with one attached hydrogen (secondary N) is 1. The van der Waals surface area contributed by atoms with Crippen molar-refractivity contribution in [1.29, 1.82) is 0 Å². The van der Waals surface area contributed by atoms with Gasteiger partial charge in [-0.1, -0.05) is 6.07 Å². The summed E-state index contributed by atoms with van der Waals surface area (Å²) < 4.78 is 0. The van der Waals surface area contributed by atoms with E-state index in [-0.39, 0.29) is 5.91 Å². The standard InChI is InChI=1S/C13H21N5O/c1-17(2)11-6-7-18(9-11)8-10-4-3-5-12(15-10)13(19)16-14/h3-5,11H,6-9,14H2,1-2H3,(H,16,19). The van der Waals surface area contributed by atoms with Gasteiger partial charge in [0.1, 0.15) is 5.69 Å². The number of aromatic nitrogens is 1. The van der Waals surface area contributed by atoms with E-state index >= 15 is 0 Å². The molecule has 1 aromatic heterocycles. The Labute approximate surface area is 113 Å². The van der Waals surface area contributed by atoms with E-state index in [9.17, 15) is 4.79 Å². The van der Waals surface area contributed by atoms with Crippen LogP contribution in [-0.2, 0) is 6.54 Å². The quantitative estimate of drug-likeness (QED) is 0.448. The van der Waals surface area contributed by atoms with E-state index < -0.39 is 0 Å². The van der Waals surface area contributed by atoms with Crippen LogP contribution in [0.3, 0.4) is 0 Å². The summed E-state index contributed by atoms with van der Waals surface area (Å²) >= 11 is 0. The molecular weight excluding hydrogens is 242 g/mol. The molecule has 6 nitrogen and oxygen atoms in total. The Hall–Kier alpha value is -1.50. The molecule has 0 spiro atoms. The van der Waals surface area contributed by atoms with Gasteiger partial charge in [0.25, 0.3) is 5.91 Å². The maximum absolute atomic E-state index is 11.4. The number of nitrogens with two attached hydrogens (primary N) is 1. The van der Waals surface area contributed by atoms with Crippen LogP contribution in [0.4, 0.5) is 0 Å². The topological polar surface area (TPSA) is 74.5 Å². The van der Waals surface area contributed by atoms with Crippen LogP contribution in [0.25, 0.3) is 0 Å². The van der Waals surface area contributed by atoms with Crippen LogP contribution in [-0.4, -0.2) is 53.9 Å². The highest BCUT2D eigenvalue weighted by atomic mass is 16.2. The minimum absolute atomic E-state index is 0.352. The molecule has 19 heavy (non-hydrogen) atoms. The summed E-state index contributed by atoms with van der Waals surface area (Å²) in [7, 11) is 4.22. The van der Waals surface area contributed by atoms with Crippen LogP contribution in [0, 0.1) is 0 Å².